The molecule has 0 bridgehead atoms. The van der Waals surface area contributed by atoms with Gasteiger partial charge in [0.2, 0.25) is 0 Å². The molecule has 4 nitrogen and oxygen atoms in total. The number of aromatic nitrogens is 2. The highest BCUT2D eigenvalue weighted by atomic mass is 35.5. The number of nitrogens with zero attached hydrogens (tertiary/aromatic N) is 2. The maximum Gasteiger partial charge on any atom is 0.128 e. The smallest absolute Gasteiger partial charge is 0.128 e. The predicted molar refractivity (Wildman–Crippen MR) is 76.5 cm³/mol. The molecular weight excluding hydrogens is 262 g/mol. The molecule has 0 saturated carbocycles. The van der Waals surface area contributed by atoms with E-state index in [0.717, 1.165) is 11.6 Å². The van der Waals surface area contributed by atoms with Crippen LogP contribution < -0.4 is 10.1 Å². The molecule has 5 heteroatoms. The van der Waals surface area contributed by atoms with Crippen LogP contribution in [0.4, 0.5) is 0 Å². The van der Waals surface area contributed by atoms with Crippen molar-refractivity contribution in [3.05, 3.63) is 47.0 Å². The molecular formula is C14H18ClN3O. The summed E-state index contributed by atoms with van der Waals surface area (Å²) in [6.07, 6.45) is 1.66. The van der Waals surface area contributed by atoms with Crippen LogP contribution in [-0.4, -0.2) is 16.7 Å². The lowest BCUT2D eigenvalue weighted by atomic mass is 10.1. The summed E-state index contributed by atoms with van der Waals surface area (Å²) in [6, 6.07) is 8.28. The minimum absolute atomic E-state index is 0.237. The van der Waals surface area contributed by atoms with Crippen LogP contribution in [0.5, 0.6) is 5.75 Å². The topological polar surface area (TPSA) is 39.1 Å². The lowest BCUT2D eigenvalue weighted by Gasteiger charge is -2.14. The Labute approximate surface area is 118 Å². The van der Waals surface area contributed by atoms with Crippen molar-refractivity contribution in [2.75, 3.05) is 7.11 Å². The number of hydrogen-bond acceptors (Lipinski definition) is 3. The Kier molecular flexibility index (Phi) is 4.45. The summed E-state index contributed by atoms with van der Waals surface area (Å²) in [5.74, 6) is 1.79. The van der Waals surface area contributed by atoms with Crippen molar-refractivity contribution < 1.29 is 4.74 Å². The zero-order valence-corrected chi connectivity index (χ0v) is 12.1. The van der Waals surface area contributed by atoms with Gasteiger partial charge in [0, 0.05) is 13.1 Å². The van der Waals surface area contributed by atoms with Crippen LogP contribution in [0.2, 0.25) is 5.15 Å². The van der Waals surface area contributed by atoms with Crippen molar-refractivity contribution >= 4 is 11.6 Å². The Bertz CT molecular complexity index is 536. The monoisotopic (exact) mass is 279 g/mol. The van der Waals surface area contributed by atoms with Crippen LogP contribution in [0.3, 0.4) is 0 Å². The fourth-order valence-corrected chi connectivity index (χ4v) is 1.99. The van der Waals surface area contributed by atoms with E-state index in [9.17, 15) is 0 Å². The first kappa shape index (κ1) is 13.9. The van der Waals surface area contributed by atoms with Crippen molar-refractivity contribution in [3.8, 4) is 5.75 Å². The fraction of sp³-hybridized carbons (Fsp3) is 0.357. The van der Waals surface area contributed by atoms with Gasteiger partial charge in [-0.05, 0) is 24.6 Å². The van der Waals surface area contributed by atoms with Crippen LogP contribution in [0.25, 0.3) is 0 Å². The van der Waals surface area contributed by atoms with E-state index in [1.54, 1.807) is 13.3 Å². The molecule has 1 aromatic carbocycles. The van der Waals surface area contributed by atoms with Crippen LogP contribution in [0.1, 0.15) is 24.4 Å². The zero-order valence-electron chi connectivity index (χ0n) is 11.4. The summed E-state index contributed by atoms with van der Waals surface area (Å²) >= 11 is 5.95. The zero-order chi connectivity index (χ0) is 13.8. The van der Waals surface area contributed by atoms with Gasteiger partial charge in [0.05, 0.1) is 19.9 Å². The SMILES string of the molecule is COc1ccc(C(C)NCc2ncc(Cl)n2C)cc1. The molecule has 0 aliphatic heterocycles. The Balaban J connectivity index is 1.97. The standard InChI is InChI=1S/C14H18ClN3O/c1-10(11-4-6-12(19-3)7-5-11)16-9-14-17-8-13(15)18(14)2/h4-8,10,16H,9H2,1-3H3. The largest absolute Gasteiger partial charge is 0.497 e. The van der Waals surface area contributed by atoms with Gasteiger partial charge in [0.25, 0.3) is 0 Å². The minimum atomic E-state index is 0.237. The first-order valence-electron chi connectivity index (χ1n) is 6.15. The van der Waals surface area contributed by atoms with E-state index in [1.807, 2.05) is 23.7 Å². The highest BCUT2D eigenvalue weighted by Crippen LogP contribution is 2.18. The molecule has 1 N–H and O–H groups in total. The Morgan fingerprint density at radius 1 is 1.37 bits per heavy atom. The van der Waals surface area contributed by atoms with Gasteiger partial charge >= 0.3 is 0 Å². The van der Waals surface area contributed by atoms with Gasteiger partial charge in [0.1, 0.15) is 16.7 Å². The molecule has 0 aliphatic carbocycles. The normalized spacial score (nSPS) is 12.4. The Hall–Kier alpha value is -1.52. The maximum absolute atomic E-state index is 5.95. The molecule has 0 saturated heterocycles. The summed E-state index contributed by atoms with van der Waals surface area (Å²) in [5.41, 5.74) is 1.21. The summed E-state index contributed by atoms with van der Waals surface area (Å²) in [7, 11) is 3.58. The number of imidazole rings is 1. The third-order valence-corrected chi connectivity index (χ3v) is 3.56. The third kappa shape index (κ3) is 3.28. The number of ether oxygens (including phenoxy) is 1. The van der Waals surface area contributed by atoms with E-state index >= 15 is 0 Å². The molecule has 102 valence electrons. The van der Waals surface area contributed by atoms with E-state index in [2.05, 4.69) is 29.4 Å². The first-order chi connectivity index (χ1) is 9.11. The second-order valence-electron chi connectivity index (χ2n) is 4.43. The van der Waals surface area contributed by atoms with Gasteiger partial charge in [-0.25, -0.2) is 4.98 Å². The van der Waals surface area contributed by atoms with E-state index in [1.165, 1.54) is 5.56 Å². The third-order valence-electron chi connectivity index (χ3n) is 3.21. The van der Waals surface area contributed by atoms with E-state index in [-0.39, 0.29) is 6.04 Å². The van der Waals surface area contributed by atoms with Crippen molar-refractivity contribution in [1.29, 1.82) is 0 Å². The number of benzene rings is 1. The number of nitrogens with one attached hydrogen (secondary N) is 1. The average molecular weight is 280 g/mol. The number of hydrogen-bond donors (Lipinski definition) is 1. The van der Waals surface area contributed by atoms with Gasteiger partial charge in [-0.3, -0.25) is 0 Å². The summed E-state index contributed by atoms with van der Waals surface area (Å²) in [5, 5.41) is 4.07. The number of methoxy groups -OCH3 is 1. The predicted octanol–water partition coefficient (Wildman–Crippen LogP) is 2.93. The molecule has 0 spiro atoms. The average Bonchev–Trinajstić information content (AvgIpc) is 2.76. The van der Waals surface area contributed by atoms with Gasteiger partial charge in [-0.2, -0.15) is 0 Å². The molecule has 0 aliphatic rings. The van der Waals surface area contributed by atoms with Crippen molar-refractivity contribution in [3.63, 3.8) is 0 Å². The van der Waals surface area contributed by atoms with Crippen molar-refractivity contribution in [2.45, 2.75) is 19.5 Å². The van der Waals surface area contributed by atoms with E-state index in [4.69, 9.17) is 16.3 Å². The molecule has 1 unspecified atom stereocenters. The lowest BCUT2D eigenvalue weighted by molar-refractivity contribution is 0.414. The number of halogens is 1. The molecule has 2 rings (SSSR count). The first-order valence-corrected chi connectivity index (χ1v) is 6.53. The van der Waals surface area contributed by atoms with Crippen molar-refractivity contribution in [2.24, 2.45) is 7.05 Å². The van der Waals surface area contributed by atoms with Gasteiger partial charge < -0.3 is 14.6 Å². The highest BCUT2D eigenvalue weighted by molar-refractivity contribution is 6.29. The molecule has 1 aromatic heterocycles. The van der Waals surface area contributed by atoms with Crippen molar-refractivity contribution in [1.82, 2.24) is 14.9 Å². The second kappa shape index (κ2) is 6.08. The Morgan fingerprint density at radius 3 is 2.58 bits per heavy atom. The van der Waals surface area contributed by atoms with Gasteiger partial charge in [-0.15, -0.1) is 0 Å². The molecule has 1 atom stereocenters. The molecule has 0 amide bonds. The summed E-state index contributed by atoms with van der Waals surface area (Å²) in [6.45, 7) is 2.79. The maximum atomic E-state index is 5.95. The molecule has 1 heterocycles. The molecule has 19 heavy (non-hydrogen) atoms. The quantitative estimate of drug-likeness (QED) is 0.915. The van der Waals surface area contributed by atoms with Crippen LogP contribution in [0.15, 0.2) is 30.5 Å². The molecule has 0 radical (unpaired) electrons. The molecule has 2 aromatic rings. The fourth-order valence-electron chi connectivity index (χ4n) is 1.84. The van der Waals surface area contributed by atoms with Crippen LogP contribution >= 0.6 is 11.6 Å². The number of rotatable bonds is 5. The molecule has 0 fully saturated rings. The Morgan fingerprint density at radius 2 is 2.05 bits per heavy atom. The van der Waals surface area contributed by atoms with Crippen LogP contribution in [-0.2, 0) is 13.6 Å². The van der Waals surface area contributed by atoms with Crippen LogP contribution in [0, 0.1) is 0 Å². The summed E-state index contributed by atoms with van der Waals surface area (Å²) in [4.78, 5) is 4.26. The minimum Gasteiger partial charge on any atom is -0.497 e. The second-order valence-corrected chi connectivity index (χ2v) is 4.82. The highest BCUT2D eigenvalue weighted by Gasteiger charge is 2.08. The van der Waals surface area contributed by atoms with E-state index < -0.39 is 0 Å². The van der Waals surface area contributed by atoms with E-state index in [0.29, 0.717) is 11.7 Å². The van der Waals surface area contributed by atoms with Gasteiger partial charge in [-0.1, -0.05) is 23.7 Å². The van der Waals surface area contributed by atoms with Gasteiger partial charge in [0.15, 0.2) is 0 Å². The lowest BCUT2D eigenvalue weighted by Crippen LogP contribution is -2.20. The summed E-state index contributed by atoms with van der Waals surface area (Å²) < 4.78 is 7.02.